The summed E-state index contributed by atoms with van der Waals surface area (Å²) in [6.07, 6.45) is 0. The quantitative estimate of drug-likeness (QED) is 0.228. The number of carbonyl (C=O) groups excluding carboxylic acids is 2. The van der Waals surface area contributed by atoms with Gasteiger partial charge >= 0.3 is 0 Å². The van der Waals surface area contributed by atoms with Gasteiger partial charge in [-0.3, -0.25) is 0 Å². The van der Waals surface area contributed by atoms with Crippen molar-refractivity contribution >= 4 is 58.2 Å². The minimum absolute atomic E-state index is 0. The summed E-state index contributed by atoms with van der Waals surface area (Å²) >= 11 is 0. The van der Waals surface area contributed by atoms with Gasteiger partial charge in [0, 0.05) is 35.2 Å². The molecule has 220 valence electrons. The molecule has 45 heavy (non-hydrogen) atoms. The summed E-state index contributed by atoms with van der Waals surface area (Å²) < 4.78 is 0. The van der Waals surface area contributed by atoms with Crippen LogP contribution in [0.2, 0.25) is 0 Å². The number of pyridine rings is 2. The van der Waals surface area contributed by atoms with Gasteiger partial charge in [0.05, 0.1) is 34.4 Å². The summed E-state index contributed by atoms with van der Waals surface area (Å²) in [7, 11) is 0. The van der Waals surface area contributed by atoms with E-state index in [4.69, 9.17) is 0 Å². The van der Waals surface area contributed by atoms with Crippen LogP contribution in [0.15, 0.2) is 164 Å². The SMILES string of the molecule is O=C([O-])c1ccc2ccccc2n1.O=C([O-])c1ccc2ccccc2n1.[Sb].[c]1ccccc1.[c]1ccccc1.[c]1ccccc1. The minimum Gasteiger partial charge on any atom is -0.543 e. The van der Waals surface area contributed by atoms with E-state index in [2.05, 4.69) is 28.2 Å². The average Bonchev–Trinajstić information content (AvgIpc) is 3.11. The first-order chi connectivity index (χ1) is 21.5. The Kier molecular flexibility index (Phi) is 17.0. The first kappa shape index (κ1) is 35.9. The van der Waals surface area contributed by atoms with Gasteiger partial charge in [0.1, 0.15) is 0 Å². The zero-order valence-corrected chi connectivity index (χ0v) is 26.6. The van der Waals surface area contributed by atoms with E-state index < -0.39 is 11.9 Å². The number of fused-ring (bicyclic) bond motifs is 2. The summed E-state index contributed by atoms with van der Waals surface area (Å²) in [4.78, 5) is 28.8. The maximum absolute atomic E-state index is 10.5. The molecule has 0 unspecified atom stereocenters. The maximum atomic E-state index is 10.5. The molecule has 7 rings (SSSR count). The largest absolute Gasteiger partial charge is 0.543 e. The van der Waals surface area contributed by atoms with Crippen LogP contribution < -0.4 is 10.2 Å². The van der Waals surface area contributed by atoms with Gasteiger partial charge in [-0.25, -0.2) is 9.97 Å². The van der Waals surface area contributed by atoms with Crippen LogP contribution in [0.4, 0.5) is 0 Å². The van der Waals surface area contributed by atoms with Gasteiger partial charge in [0.2, 0.25) is 0 Å². The Hall–Kier alpha value is -5.32. The van der Waals surface area contributed by atoms with Crippen molar-refractivity contribution in [1.82, 2.24) is 9.97 Å². The van der Waals surface area contributed by atoms with Crippen molar-refractivity contribution in [1.29, 1.82) is 0 Å². The number of carbonyl (C=O) groups is 2. The molecule has 0 saturated carbocycles. The van der Waals surface area contributed by atoms with Gasteiger partial charge in [-0.2, -0.15) is 0 Å². The molecule has 6 nitrogen and oxygen atoms in total. The molecule has 0 fully saturated rings. The normalized spacial score (nSPS) is 9.07. The van der Waals surface area contributed by atoms with Crippen molar-refractivity contribution in [2.45, 2.75) is 0 Å². The van der Waals surface area contributed by atoms with Gasteiger partial charge < -0.3 is 19.8 Å². The van der Waals surface area contributed by atoms with Gasteiger partial charge in [-0.05, 0) is 42.5 Å². The number of hydrogen-bond acceptors (Lipinski definition) is 6. The van der Waals surface area contributed by atoms with E-state index >= 15 is 0 Å². The van der Waals surface area contributed by atoms with Crippen LogP contribution in [-0.4, -0.2) is 46.3 Å². The zero-order chi connectivity index (χ0) is 31.2. The van der Waals surface area contributed by atoms with E-state index in [0.29, 0.717) is 11.0 Å². The molecule has 7 aromatic rings. The molecular weight excluding hydrogens is 670 g/mol. The van der Waals surface area contributed by atoms with E-state index in [9.17, 15) is 19.8 Å². The van der Waals surface area contributed by atoms with Crippen LogP contribution in [0, 0.1) is 18.2 Å². The predicted molar refractivity (Wildman–Crippen MR) is 174 cm³/mol. The standard InChI is InChI=1S/2C10H7NO2.3C6H5.Sb/c2*12-10(13)9-6-5-7-3-1-2-4-8(7)11-9;3*1-2-4-6-5-3-1;/h2*1-6H,(H,12,13);3*1-5H;/p-2. The second-order valence-electron chi connectivity index (χ2n) is 8.59. The Morgan fingerprint density at radius 1 is 0.422 bits per heavy atom. The van der Waals surface area contributed by atoms with Crippen LogP contribution in [0.25, 0.3) is 21.8 Å². The van der Waals surface area contributed by atoms with Crippen molar-refractivity contribution in [2.24, 2.45) is 0 Å². The number of aromatic carboxylic acids is 2. The Bertz CT molecular complexity index is 1580. The number of benzene rings is 5. The van der Waals surface area contributed by atoms with Gasteiger partial charge in [0.25, 0.3) is 0 Å². The number of nitrogens with zero attached hydrogens (tertiary/aromatic N) is 2. The molecule has 0 spiro atoms. The molecule has 0 aliphatic heterocycles. The third-order valence-corrected chi connectivity index (χ3v) is 5.44. The second kappa shape index (κ2) is 21.4. The number of carboxylic acids is 2. The summed E-state index contributed by atoms with van der Waals surface area (Å²) in [6.45, 7) is 0. The first-order valence-corrected chi connectivity index (χ1v) is 13.4. The van der Waals surface area contributed by atoms with E-state index in [-0.39, 0.29) is 35.8 Å². The molecule has 0 aliphatic rings. The maximum Gasteiger partial charge on any atom is 0.0900 e. The molecule has 0 aliphatic carbocycles. The van der Waals surface area contributed by atoms with E-state index in [1.165, 1.54) is 12.1 Å². The summed E-state index contributed by atoms with van der Waals surface area (Å²) in [5.74, 6) is -2.49. The first-order valence-electron chi connectivity index (χ1n) is 13.4. The monoisotopic (exact) mass is 696 g/mol. The summed E-state index contributed by atoms with van der Waals surface area (Å²) in [6, 6.07) is 58.5. The van der Waals surface area contributed by atoms with Crippen molar-refractivity contribution in [3.05, 3.63) is 193 Å². The fourth-order valence-electron chi connectivity index (χ4n) is 3.39. The van der Waals surface area contributed by atoms with E-state index in [1.54, 1.807) is 24.3 Å². The molecule has 7 heteroatoms. The van der Waals surface area contributed by atoms with Gasteiger partial charge in [-0.1, -0.05) is 140 Å². The third kappa shape index (κ3) is 14.1. The van der Waals surface area contributed by atoms with Crippen LogP contribution in [-0.2, 0) is 0 Å². The molecule has 0 bridgehead atoms. The summed E-state index contributed by atoms with van der Waals surface area (Å²) in [5, 5.41) is 22.8. The molecule has 0 N–H and O–H groups in total. The predicted octanol–water partition coefficient (Wildman–Crippen LogP) is 5.28. The number of aromatic nitrogens is 2. The Labute approximate surface area is 280 Å². The number of carboxylic acid groups (broad SMARTS) is 2. The third-order valence-electron chi connectivity index (χ3n) is 5.44. The molecule has 2 heterocycles. The number of para-hydroxylation sites is 2. The van der Waals surface area contributed by atoms with Crippen LogP contribution >= 0.6 is 0 Å². The van der Waals surface area contributed by atoms with Gasteiger partial charge in [0.15, 0.2) is 0 Å². The molecule has 2 aromatic heterocycles. The topological polar surface area (TPSA) is 106 Å². The average molecular weight is 697 g/mol. The summed E-state index contributed by atoms with van der Waals surface area (Å²) in [5.41, 5.74) is 1.28. The van der Waals surface area contributed by atoms with Crippen molar-refractivity contribution in [2.75, 3.05) is 0 Å². The van der Waals surface area contributed by atoms with Crippen molar-refractivity contribution < 1.29 is 19.8 Å². The zero-order valence-electron chi connectivity index (χ0n) is 24.1. The fourth-order valence-corrected chi connectivity index (χ4v) is 3.39. The molecular formula is C38H27N2O4Sb-2. The molecule has 6 radical (unpaired) electrons. The second-order valence-corrected chi connectivity index (χ2v) is 8.59. The van der Waals surface area contributed by atoms with Crippen LogP contribution in [0.5, 0.6) is 0 Å². The van der Waals surface area contributed by atoms with E-state index in [1.807, 2.05) is 127 Å². The number of hydrogen-bond donors (Lipinski definition) is 0. The molecule has 0 atom stereocenters. The molecule has 5 aromatic carbocycles. The van der Waals surface area contributed by atoms with Crippen LogP contribution in [0.3, 0.4) is 0 Å². The smallest absolute Gasteiger partial charge is 0.0900 e. The van der Waals surface area contributed by atoms with Crippen molar-refractivity contribution in [3.8, 4) is 0 Å². The Morgan fingerprint density at radius 2 is 0.733 bits per heavy atom. The van der Waals surface area contributed by atoms with Crippen molar-refractivity contribution in [3.63, 3.8) is 0 Å². The van der Waals surface area contributed by atoms with Gasteiger partial charge in [-0.15, -0.1) is 0 Å². The Balaban J connectivity index is 0.000000205. The molecule has 0 amide bonds. The molecule has 0 saturated heterocycles. The Morgan fingerprint density at radius 3 is 0.978 bits per heavy atom. The number of rotatable bonds is 2. The van der Waals surface area contributed by atoms with Crippen LogP contribution in [0.1, 0.15) is 21.0 Å². The minimum atomic E-state index is -1.24. The van der Waals surface area contributed by atoms with E-state index in [0.717, 1.165) is 10.8 Å². The fraction of sp³-hybridized carbons (Fsp3) is 0.